The van der Waals surface area contributed by atoms with Crippen molar-refractivity contribution in [1.29, 1.82) is 0 Å². The average molecular weight is 322 g/mol. The van der Waals surface area contributed by atoms with Gasteiger partial charge >= 0.3 is 0 Å². The van der Waals surface area contributed by atoms with Crippen LogP contribution in [0.2, 0.25) is 5.15 Å². The zero-order chi connectivity index (χ0) is 16.1. The Kier molecular flexibility index (Phi) is 5.41. The van der Waals surface area contributed by atoms with Gasteiger partial charge in [0, 0.05) is 12.6 Å². The van der Waals surface area contributed by atoms with Crippen LogP contribution in [0.3, 0.4) is 0 Å². The van der Waals surface area contributed by atoms with Crippen LogP contribution in [0.25, 0.3) is 0 Å². The van der Waals surface area contributed by atoms with Gasteiger partial charge in [-0.05, 0) is 31.8 Å². The van der Waals surface area contributed by atoms with Crippen molar-refractivity contribution in [3.05, 3.63) is 41.0 Å². The maximum absolute atomic E-state index is 5.88. The molecule has 2 aromatic rings. The standard InChI is InChI=1S/C15H20ClN5O/c1-21(2)12(10-4-6-11(22-3)7-5-10)9-18-14-8-13(16)19-15(17)20-14/h4-8,12H,9H2,1-3H3,(H3,17,18,19,20)/t12-/m1/s1. The van der Waals surface area contributed by atoms with Gasteiger partial charge in [0.1, 0.15) is 16.7 Å². The van der Waals surface area contributed by atoms with Crippen LogP contribution in [0, 0.1) is 0 Å². The number of methoxy groups -OCH3 is 1. The Labute approximate surface area is 135 Å². The van der Waals surface area contributed by atoms with Crippen molar-refractivity contribution >= 4 is 23.4 Å². The fraction of sp³-hybridized carbons (Fsp3) is 0.333. The summed E-state index contributed by atoms with van der Waals surface area (Å²) in [6.45, 7) is 0.659. The van der Waals surface area contributed by atoms with Crippen LogP contribution in [-0.2, 0) is 0 Å². The van der Waals surface area contributed by atoms with Gasteiger partial charge in [-0.2, -0.15) is 4.98 Å². The Morgan fingerprint density at radius 2 is 1.95 bits per heavy atom. The number of nitrogen functional groups attached to an aromatic ring is 1. The van der Waals surface area contributed by atoms with Gasteiger partial charge in [-0.15, -0.1) is 0 Å². The smallest absolute Gasteiger partial charge is 0.223 e. The lowest BCUT2D eigenvalue weighted by atomic mass is 10.1. The van der Waals surface area contributed by atoms with Gasteiger partial charge in [0.15, 0.2) is 0 Å². The van der Waals surface area contributed by atoms with E-state index in [9.17, 15) is 0 Å². The second-order valence-corrected chi connectivity index (χ2v) is 5.45. The Balaban J connectivity index is 2.11. The third-order valence-electron chi connectivity index (χ3n) is 3.31. The quantitative estimate of drug-likeness (QED) is 0.796. The number of ether oxygens (including phenoxy) is 1. The molecule has 1 aromatic heterocycles. The first-order valence-electron chi connectivity index (χ1n) is 6.84. The minimum atomic E-state index is 0.154. The van der Waals surface area contributed by atoms with E-state index in [0.717, 1.165) is 5.75 Å². The van der Waals surface area contributed by atoms with Crippen LogP contribution < -0.4 is 15.8 Å². The van der Waals surface area contributed by atoms with E-state index in [-0.39, 0.29) is 12.0 Å². The van der Waals surface area contributed by atoms with Crippen molar-refractivity contribution in [3.63, 3.8) is 0 Å². The second kappa shape index (κ2) is 7.29. The average Bonchev–Trinajstić information content (AvgIpc) is 2.47. The van der Waals surface area contributed by atoms with E-state index in [0.29, 0.717) is 17.5 Å². The Morgan fingerprint density at radius 1 is 1.27 bits per heavy atom. The molecule has 22 heavy (non-hydrogen) atoms. The lowest BCUT2D eigenvalue weighted by Gasteiger charge is -2.25. The number of benzene rings is 1. The molecule has 0 saturated heterocycles. The number of nitrogens with zero attached hydrogens (tertiary/aromatic N) is 3. The number of halogens is 1. The topological polar surface area (TPSA) is 76.3 Å². The lowest BCUT2D eigenvalue weighted by molar-refractivity contribution is 0.311. The molecule has 2 rings (SSSR count). The summed E-state index contributed by atoms with van der Waals surface area (Å²) in [5.41, 5.74) is 6.77. The van der Waals surface area contributed by atoms with Crippen molar-refractivity contribution in [1.82, 2.24) is 14.9 Å². The molecule has 0 bridgehead atoms. The van der Waals surface area contributed by atoms with E-state index >= 15 is 0 Å². The number of likely N-dealkylation sites (N-methyl/N-ethyl adjacent to an activating group) is 1. The highest BCUT2D eigenvalue weighted by Crippen LogP contribution is 2.22. The van der Waals surface area contributed by atoms with E-state index in [4.69, 9.17) is 22.1 Å². The molecule has 0 radical (unpaired) electrons. The summed E-state index contributed by atoms with van der Waals surface area (Å²) in [5.74, 6) is 1.60. The summed E-state index contributed by atoms with van der Waals surface area (Å²) in [5, 5.41) is 3.57. The van der Waals surface area contributed by atoms with Crippen molar-refractivity contribution in [2.24, 2.45) is 0 Å². The van der Waals surface area contributed by atoms with Crippen LogP contribution in [0.5, 0.6) is 5.75 Å². The summed E-state index contributed by atoms with van der Waals surface area (Å²) in [6, 6.07) is 9.81. The van der Waals surface area contributed by atoms with Crippen LogP contribution in [-0.4, -0.2) is 42.6 Å². The van der Waals surface area contributed by atoms with Crippen molar-refractivity contribution in [2.75, 3.05) is 38.8 Å². The van der Waals surface area contributed by atoms with Gasteiger partial charge in [0.05, 0.1) is 13.2 Å². The molecule has 0 aliphatic rings. The summed E-state index contributed by atoms with van der Waals surface area (Å²) in [6.07, 6.45) is 0. The minimum Gasteiger partial charge on any atom is -0.497 e. The van der Waals surface area contributed by atoms with Crippen LogP contribution in [0.4, 0.5) is 11.8 Å². The second-order valence-electron chi connectivity index (χ2n) is 5.07. The highest BCUT2D eigenvalue weighted by Gasteiger charge is 2.14. The van der Waals surface area contributed by atoms with Crippen LogP contribution >= 0.6 is 11.6 Å². The molecular formula is C15H20ClN5O. The van der Waals surface area contributed by atoms with Gasteiger partial charge in [0.2, 0.25) is 5.95 Å². The van der Waals surface area contributed by atoms with Crippen LogP contribution in [0.15, 0.2) is 30.3 Å². The maximum Gasteiger partial charge on any atom is 0.223 e. The molecule has 0 aliphatic carbocycles. The SMILES string of the molecule is COc1ccc([C@@H](CNc2cc(Cl)nc(N)n2)N(C)C)cc1. The number of hydrogen-bond acceptors (Lipinski definition) is 6. The predicted octanol–water partition coefficient (Wildman–Crippen LogP) is 2.44. The van der Waals surface area contributed by atoms with E-state index < -0.39 is 0 Å². The van der Waals surface area contributed by atoms with Crippen molar-refractivity contribution < 1.29 is 4.74 Å². The van der Waals surface area contributed by atoms with E-state index in [2.05, 4.69) is 20.2 Å². The fourth-order valence-electron chi connectivity index (χ4n) is 2.15. The van der Waals surface area contributed by atoms with Crippen molar-refractivity contribution in [2.45, 2.75) is 6.04 Å². The van der Waals surface area contributed by atoms with E-state index in [1.54, 1.807) is 13.2 Å². The third-order valence-corrected chi connectivity index (χ3v) is 3.51. The molecule has 0 aliphatic heterocycles. The summed E-state index contributed by atoms with van der Waals surface area (Å²) in [4.78, 5) is 10.1. The minimum absolute atomic E-state index is 0.154. The van der Waals surface area contributed by atoms with Gasteiger partial charge in [0.25, 0.3) is 0 Å². The summed E-state index contributed by atoms with van der Waals surface area (Å²) >= 11 is 5.88. The summed E-state index contributed by atoms with van der Waals surface area (Å²) in [7, 11) is 5.71. The zero-order valence-electron chi connectivity index (χ0n) is 12.9. The monoisotopic (exact) mass is 321 g/mol. The first kappa shape index (κ1) is 16.3. The molecule has 0 spiro atoms. The normalized spacial score (nSPS) is 12.2. The highest BCUT2D eigenvalue weighted by molar-refractivity contribution is 6.29. The van der Waals surface area contributed by atoms with E-state index in [1.807, 2.05) is 38.4 Å². The number of anilines is 2. The molecule has 1 atom stereocenters. The molecule has 7 heteroatoms. The molecule has 3 N–H and O–H groups in total. The van der Waals surface area contributed by atoms with Gasteiger partial charge in [-0.1, -0.05) is 23.7 Å². The fourth-order valence-corrected chi connectivity index (χ4v) is 2.34. The number of nitrogens with two attached hydrogens (primary N) is 1. The lowest BCUT2D eigenvalue weighted by Crippen LogP contribution is -2.27. The molecule has 0 unspecified atom stereocenters. The third kappa shape index (κ3) is 4.22. The largest absolute Gasteiger partial charge is 0.497 e. The van der Waals surface area contributed by atoms with Crippen molar-refractivity contribution in [3.8, 4) is 5.75 Å². The molecule has 0 amide bonds. The molecule has 118 valence electrons. The Bertz CT molecular complexity index is 598. The molecular weight excluding hydrogens is 302 g/mol. The molecule has 1 aromatic carbocycles. The molecule has 0 fully saturated rings. The maximum atomic E-state index is 5.88. The highest BCUT2D eigenvalue weighted by atomic mass is 35.5. The first-order chi connectivity index (χ1) is 10.5. The van der Waals surface area contributed by atoms with Crippen LogP contribution in [0.1, 0.15) is 11.6 Å². The molecule has 1 heterocycles. The van der Waals surface area contributed by atoms with Gasteiger partial charge < -0.3 is 20.7 Å². The zero-order valence-corrected chi connectivity index (χ0v) is 13.6. The van der Waals surface area contributed by atoms with Gasteiger partial charge in [-0.25, -0.2) is 4.98 Å². The number of aromatic nitrogens is 2. The Hall–Kier alpha value is -2.05. The predicted molar refractivity (Wildman–Crippen MR) is 89.4 cm³/mol. The molecule has 0 saturated carbocycles. The first-order valence-corrected chi connectivity index (χ1v) is 7.21. The number of nitrogens with one attached hydrogen (secondary N) is 1. The number of rotatable bonds is 6. The van der Waals surface area contributed by atoms with E-state index in [1.165, 1.54) is 5.56 Å². The molecule has 6 nitrogen and oxygen atoms in total. The Morgan fingerprint density at radius 3 is 2.50 bits per heavy atom. The number of hydrogen-bond donors (Lipinski definition) is 2. The summed E-state index contributed by atoms with van der Waals surface area (Å²) < 4.78 is 5.19. The van der Waals surface area contributed by atoms with Gasteiger partial charge in [-0.3, -0.25) is 0 Å².